The number of rotatable bonds is 3. The number of nitrogens with zero attached hydrogens (tertiary/aromatic N) is 2. The van der Waals surface area contributed by atoms with Crippen molar-refractivity contribution >= 4 is 26.5 Å². The Labute approximate surface area is 129 Å². The fourth-order valence-electron chi connectivity index (χ4n) is 2.14. The minimum absolute atomic E-state index is 0.0295. The Bertz CT molecular complexity index is 790. The van der Waals surface area contributed by atoms with Crippen LogP contribution in [0.4, 0.5) is 18.3 Å². The van der Waals surface area contributed by atoms with E-state index < -0.39 is 26.3 Å². The summed E-state index contributed by atoms with van der Waals surface area (Å²) < 4.78 is 64.1. The number of aromatic nitrogens is 2. The van der Waals surface area contributed by atoms with E-state index in [-0.39, 0.29) is 16.2 Å². The number of nitrogens with one attached hydrogen (secondary N) is 1. The van der Waals surface area contributed by atoms with Crippen LogP contribution in [-0.4, -0.2) is 18.6 Å². The first kappa shape index (κ1) is 16.7. The first-order valence-corrected chi connectivity index (χ1v) is 8.32. The number of halogens is 3. The van der Waals surface area contributed by atoms with Gasteiger partial charge in [0.1, 0.15) is 0 Å². The Morgan fingerprint density at radius 2 is 1.64 bits per heavy atom. The maximum absolute atomic E-state index is 12.5. The summed E-state index contributed by atoms with van der Waals surface area (Å²) in [4.78, 5) is 0.0295. The molecule has 2 rings (SSSR count). The first-order chi connectivity index (χ1) is 10.0. The first-order valence-electron chi connectivity index (χ1n) is 6.02. The Balaban J connectivity index is 2.39. The maximum Gasteiger partial charge on any atom is 0.445 e. The summed E-state index contributed by atoms with van der Waals surface area (Å²) in [5.41, 5.74) is 1.90. The summed E-state index contributed by atoms with van der Waals surface area (Å²) >= 11 is 0.139. The fourth-order valence-corrected chi connectivity index (χ4v) is 4.43. The van der Waals surface area contributed by atoms with Crippen molar-refractivity contribution in [1.82, 2.24) is 10.2 Å². The lowest BCUT2D eigenvalue weighted by molar-refractivity contribution is -0.138. The molecule has 0 radical (unpaired) electrons. The Kier molecular flexibility index (Phi) is 4.18. The Morgan fingerprint density at radius 1 is 1.09 bits per heavy atom. The van der Waals surface area contributed by atoms with Gasteiger partial charge in [0.15, 0.2) is 0 Å². The highest BCUT2D eigenvalue weighted by molar-refractivity contribution is 7.93. The molecule has 1 aromatic heterocycles. The molecule has 1 aromatic carbocycles. The molecular formula is C12H12F3N3O2S2. The van der Waals surface area contributed by atoms with Crippen LogP contribution >= 0.6 is 11.3 Å². The second-order valence-corrected chi connectivity index (χ2v) is 7.34. The molecule has 0 atom stereocenters. The molecule has 0 saturated carbocycles. The number of anilines is 1. The van der Waals surface area contributed by atoms with E-state index in [2.05, 4.69) is 10.2 Å². The highest BCUT2D eigenvalue weighted by Gasteiger charge is 2.36. The lowest BCUT2D eigenvalue weighted by atomic mass is 10.1. The predicted octanol–water partition coefficient (Wildman–Crippen LogP) is 3.28. The Morgan fingerprint density at radius 3 is 2.09 bits per heavy atom. The number of hydrogen-bond acceptors (Lipinski definition) is 5. The number of benzene rings is 1. The van der Waals surface area contributed by atoms with Crippen molar-refractivity contribution in [2.45, 2.75) is 31.8 Å². The van der Waals surface area contributed by atoms with E-state index >= 15 is 0 Å². The van der Waals surface area contributed by atoms with Gasteiger partial charge in [-0.3, -0.25) is 4.72 Å². The van der Waals surface area contributed by atoms with Crippen LogP contribution in [0, 0.1) is 20.8 Å². The highest BCUT2D eigenvalue weighted by atomic mass is 32.2. The molecule has 1 heterocycles. The van der Waals surface area contributed by atoms with Gasteiger partial charge in [-0.25, -0.2) is 8.42 Å². The molecule has 0 aliphatic heterocycles. The molecule has 0 amide bonds. The van der Waals surface area contributed by atoms with Crippen molar-refractivity contribution in [3.05, 3.63) is 33.8 Å². The molecule has 1 N–H and O–H groups in total. The van der Waals surface area contributed by atoms with Crippen LogP contribution in [0.2, 0.25) is 0 Å². The smallest absolute Gasteiger partial charge is 0.253 e. The van der Waals surface area contributed by atoms with Gasteiger partial charge in [0.25, 0.3) is 10.0 Å². The zero-order valence-electron chi connectivity index (χ0n) is 11.8. The van der Waals surface area contributed by atoms with E-state index in [0.29, 0.717) is 11.1 Å². The van der Waals surface area contributed by atoms with Crippen molar-refractivity contribution in [1.29, 1.82) is 0 Å². The van der Waals surface area contributed by atoms with Gasteiger partial charge < -0.3 is 0 Å². The van der Waals surface area contributed by atoms with Gasteiger partial charge in [-0.15, -0.1) is 10.2 Å². The van der Waals surface area contributed by atoms with E-state index in [1.807, 2.05) is 11.6 Å². The zero-order chi connectivity index (χ0) is 16.7. The van der Waals surface area contributed by atoms with E-state index in [9.17, 15) is 21.6 Å². The molecule has 120 valence electrons. The van der Waals surface area contributed by atoms with Crippen LogP contribution in [-0.2, 0) is 16.2 Å². The molecule has 0 bridgehead atoms. The molecule has 0 saturated heterocycles. The predicted molar refractivity (Wildman–Crippen MR) is 76.4 cm³/mol. The zero-order valence-corrected chi connectivity index (χ0v) is 13.4. The van der Waals surface area contributed by atoms with Crippen LogP contribution in [0.15, 0.2) is 17.0 Å². The number of alkyl halides is 3. The summed E-state index contributed by atoms with van der Waals surface area (Å²) in [7, 11) is -4.03. The third kappa shape index (κ3) is 3.38. The fraction of sp³-hybridized carbons (Fsp3) is 0.333. The summed E-state index contributed by atoms with van der Waals surface area (Å²) in [6.07, 6.45) is -4.66. The maximum atomic E-state index is 12.5. The van der Waals surface area contributed by atoms with Gasteiger partial charge >= 0.3 is 6.18 Å². The monoisotopic (exact) mass is 351 g/mol. The van der Waals surface area contributed by atoms with Crippen molar-refractivity contribution in [3.63, 3.8) is 0 Å². The van der Waals surface area contributed by atoms with Crippen molar-refractivity contribution < 1.29 is 21.6 Å². The average molecular weight is 351 g/mol. The average Bonchev–Trinajstić information content (AvgIpc) is 2.73. The summed E-state index contributed by atoms with van der Waals surface area (Å²) in [6, 6.07) is 3.37. The van der Waals surface area contributed by atoms with E-state index in [1.54, 1.807) is 26.0 Å². The van der Waals surface area contributed by atoms with Crippen LogP contribution in [0.3, 0.4) is 0 Å². The lowest BCUT2D eigenvalue weighted by Crippen LogP contribution is -2.15. The van der Waals surface area contributed by atoms with Crippen molar-refractivity contribution in [2.75, 3.05) is 4.72 Å². The topological polar surface area (TPSA) is 72.0 Å². The summed E-state index contributed by atoms with van der Waals surface area (Å²) in [5.74, 6) is 0. The van der Waals surface area contributed by atoms with Crippen molar-refractivity contribution in [2.24, 2.45) is 0 Å². The molecule has 2 aromatic rings. The van der Waals surface area contributed by atoms with Gasteiger partial charge in [-0.1, -0.05) is 29.0 Å². The number of sulfonamides is 1. The van der Waals surface area contributed by atoms with Crippen molar-refractivity contribution in [3.8, 4) is 0 Å². The molecule has 0 unspecified atom stereocenters. The summed E-state index contributed by atoms with van der Waals surface area (Å²) in [5, 5.41) is 4.54. The minimum atomic E-state index is -4.66. The second kappa shape index (κ2) is 5.51. The minimum Gasteiger partial charge on any atom is -0.253 e. The van der Waals surface area contributed by atoms with Gasteiger partial charge in [0, 0.05) is 0 Å². The van der Waals surface area contributed by atoms with E-state index in [4.69, 9.17) is 0 Å². The third-order valence-corrected chi connectivity index (χ3v) is 5.42. The normalized spacial score (nSPS) is 12.5. The number of aryl methyl sites for hydroxylation is 3. The molecule has 0 fully saturated rings. The van der Waals surface area contributed by atoms with Crippen LogP contribution in [0.5, 0.6) is 0 Å². The van der Waals surface area contributed by atoms with Gasteiger partial charge in [-0.05, 0) is 31.9 Å². The van der Waals surface area contributed by atoms with Crippen LogP contribution in [0.25, 0.3) is 0 Å². The van der Waals surface area contributed by atoms with Crippen LogP contribution < -0.4 is 4.72 Å². The van der Waals surface area contributed by atoms with E-state index in [0.717, 1.165) is 5.56 Å². The molecule has 0 spiro atoms. The molecule has 5 nitrogen and oxygen atoms in total. The second-order valence-electron chi connectivity index (χ2n) is 4.74. The highest BCUT2D eigenvalue weighted by Crippen LogP contribution is 2.34. The SMILES string of the molecule is Cc1cc(C)c(S(=O)(=O)Nc2nnc(C(F)(F)F)s2)c(C)c1. The molecule has 0 aliphatic rings. The Hall–Kier alpha value is -1.68. The molecule has 0 aliphatic carbocycles. The van der Waals surface area contributed by atoms with Gasteiger partial charge in [0.2, 0.25) is 10.1 Å². The van der Waals surface area contributed by atoms with Gasteiger partial charge in [-0.2, -0.15) is 13.2 Å². The lowest BCUT2D eigenvalue weighted by Gasteiger charge is -2.12. The standard InChI is InChI=1S/C12H12F3N3O2S2/c1-6-4-7(2)9(8(3)5-6)22(19,20)18-11-17-16-10(21-11)12(13,14)15/h4-5H,1-3H3,(H,17,18). The largest absolute Gasteiger partial charge is 0.445 e. The molecular weight excluding hydrogens is 339 g/mol. The third-order valence-electron chi connectivity index (χ3n) is 2.76. The quantitative estimate of drug-likeness (QED) is 0.921. The van der Waals surface area contributed by atoms with Gasteiger partial charge in [0.05, 0.1) is 4.90 Å². The summed E-state index contributed by atoms with van der Waals surface area (Å²) in [6.45, 7) is 5.07. The van der Waals surface area contributed by atoms with Crippen LogP contribution in [0.1, 0.15) is 21.7 Å². The van der Waals surface area contributed by atoms with E-state index in [1.165, 1.54) is 0 Å². The molecule has 22 heavy (non-hydrogen) atoms. The number of hydrogen-bond donors (Lipinski definition) is 1. The molecule has 10 heteroatoms.